The van der Waals surface area contributed by atoms with E-state index in [1.165, 1.54) is 29.2 Å². The number of carboxylic acid groups (broad SMARTS) is 1. The van der Waals surface area contributed by atoms with E-state index in [0.29, 0.717) is 36.4 Å². The van der Waals surface area contributed by atoms with E-state index in [4.69, 9.17) is 11.6 Å². The van der Waals surface area contributed by atoms with Gasteiger partial charge in [0.15, 0.2) is 9.84 Å². The lowest BCUT2D eigenvalue weighted by Gasteiger charge is -2.31. The van der Waals surface area contributed by atoms with E-state index in [0.717, 1.165) is 24.7 Å². The van der Waals surface area contributed by atoms with E-state index >= 15 is 0 Å². The number of benzene rings is 2. The molecule has 1 saturated carbocycles. The Balaban J connectivity index is 1.61. The molecule has 1 aliphatic rings. The first-order chi connectivity index (χ1) is 15.1. The number of nitrogens with zero attached hydrogens (tertiary/aromatic N) is 1. The first-order valence-electron chi connectivity index (χ1n) is 10.5. The van der Waals surface area contributed by atoms with Crippen molar-refractivity contribution in [2.45, 2.75) is 49.1 Å². The van der Waals surface area contributed by atoms with Crippen LogP contribution in [0.5, 0.6) is 0 Å². The molecule has 2 N–H and O–H groups in total. The summed E-state index contributed by atoms with van der Waals surface area (Å²) in [5.41, 5.74) is 1.43. The van der Waals surface area contributed by atoms with Crippen molar-refractivity contribution in [2.75, 3.05) is 12.8 Å². The maximum atomic E-state index is 12.7. The van der Waals surface area contributed by atoms with Gasteiger partial charge in [0.2, 0.25) is 0 Å². The highest BCUT2D eigenvalue weighted by Gasteiger charge is 2.35. The van der Waals surface area contributed by atoms with Crippen LogP contribution in [0.4, 0.5) is 4.79 Å². The van der Waals surface area contributed by atoms with E-state index in [1.54, 1.807) is 0 Å². The number of rotatable bonds is 8. The van der Waals surface area contributed by atoms with Crippen LogP contribution in [0.2, 0.25) is 5.02 Å². The Kier molecular flexibility index (Phi) is 7.79. The molecule has 0 aromatic heterocycles. The number of sulfone groups is 1. The van der Waals surface area contributed by atoms with Crippen LogP contribution in [0.25, 0.3) is 0 Å². The average molecular weight is 479 g/mol. The van der Waals surface area contributed by atoms with Crippen molar-refractivity contribution in [3.05, 3.63) is 64.7 Å². The summed E-state index contributed by atoms with van der Waals surface area (Å²) in [4.78, 5) is 26.2. The molecule has 0 bridgehead atoms. The van der Waals surface area contributed by atoms with Gasteiger partial charge in [-0.2, -0.15) is 0 Å². The number of carbonyl (C=O) groups is 2. The molecule has 2 aromatic rings. The molecule has 0 spiro atoms. The Morgan fingerprint density at radius 1 is 1.09 bits per heavy atom. The highest BCUT2D eigenvalue weighted by atomic mass is 35.5. The molecule has 0 radical (unpaired) electrons. The van der Waals surface area contributed by atoms with Crippen molar-refractivity contribution in [1.29, 1.82) is 0 Å². The highest BCUT2D eigenvalue weighted by molar-refractivity contribution is 7.90. The molecule has 172 valence electrons. The van der Waals surface area contributed by atoms with Crippen LogP contribution in [0.3, 0.4) is 0 Å². The molecule has 3 rings (SSSR count). The lowest BCUT2D eigenvalue weighted by Crippen LogP contribution is -2.51. The predicted octanol–water partition coefficient (Wildman–Crippen LogP) is 4.01. The monoisotopic (exact) mass is 478 g/mol. The van der Waals surface area contributed by atoms with Gasteiger partial charge in [-0.3, -0.25) is 4.79 Å². The Morgan fingerprint density at radius 3 is 2.34 bits per heavy atom. The molecule has 0 saturated heterocycles. The zero-order valence-corrected chi connectivity index (χ0v) is 19.4. The lowest BCUT2D eigenvalue weighted by molar-refractivity contribution is 0.0880. The lowest BCUT2D eigenvalue weighted by atomic mass is 10.1. The first kappa shape index (κ1) is 24.1. The van der Waals surface area contributed by atoms with Crippen molar-refractivity contribution in [3.8, 4) is 0 Å². The third-order valence-electron chi connectivity index (χ3n) is 5.76. The van der Waals surface area contributed by atoms with Gasteiger partial charge < -0.3 is 15.3 Å². The molecule has 32 heavy (non-hydrogen) atoms. The van der Waals surface area contributed by atoms with Crippen molar-refractivity contribution in [1.82, 2.24) is 10.2 Å². The SMILES string of the molecule is CS(=O)(=O)c1ccc(C(=O)NC2CCCC2N(CCCc2ccc(Cl)cc2)C(=O)O)cc1. The van der Waals surface area contributed by atoms with Gasteiger partial charge in [-0.25, -0.2) is 13.2 Å². The van der Waals surface area contributed by atoms with Crippen LogP contribution in [-0.2, 0) is 16.3 Å². The number of hydrogen-bond acceptors (Lipinski definition) is 4. The standard InChI is InChI=1S/C23H27ClN2O5S/c1-32(30,31)19-13-9-17(10-14-19)22(27)25-20-5-2-6-21(20)26(23(28)29)15-3-4-16-7-11-18(24)12-8-16/h7-14,20-21H,2-6,15H2,1H3,(H,25,27)(H,28,29). The summed E-state index contributed by atoms with van der Waals surface area (Å²) in [6, 6.07) is 12.7. The predicted molar refractivity (Wildman–Crippen MR) is 123 cm³/mol. The van der Waals surface area contributed by atoms with E-state index in [-0.39, 0.29) is 22.9 Å². The van der Waals surface area contributed by atoms with Gasteiger partial charge in [0.05, 0.1) is 10.9 Å². The van der Waals surface area contributed by atoms with Gasteiger partial charge in [0.1, 0.15) is 0 Å². The van der Waals surface area contributed by atoms with Crippen molar-refractivity contribution in [3.63, 3.8) is 0 Å². The zero-order valence-electron chi connectivity index (χ0n) is 17.8. The van der Waals surface area contributed by atoms with E-state index < -0.39 is 15.9 Å². The van der Waals surface area contributed by atoms with Gasteiger partial charge in [-0.05, 0) is 74.1 Å². The van der Waals surface area contributed by atoms with E-state index in [2.05, 4.69) is 5.32 Å². The summed E-state index contributed by atoms with van der Waals surface area (Å²) in [7, 11) is -3.34. The number of amides is 2. The number of carbonyl (C=O) groups excluding carboxylic acids is 1. The second-order valence-electron chi connectivity index (χ2n) is 8.08. The zero-order chi connectivity index (χ0) is 23.3. The summed E-state index contributed by atoms with van der Waals surface area (Å²) >= 11 is 5.91. The van der Waals surface area contributed by atoms with Gasteiger partial charge in [-0.15, -0.1) is 0 Å². The average Bonchev–Trinajstić information content (AvgIpc) is 3.19. The molecule has 2 amide bonds. The van der Waals surface area contributed by atoms with Crippen LogP contribution in [0.15, 0.2) is 53.4 Å². The molecule has 1 aliphatic carbocycles. The van der Waals surface area contributed by atoms with Gasteiger partial charge in [-0.1, -0.05) is 23.7 Å². The number of halogens is 1. The fraction of sp³-hybridized carbons (Fsp3) is 0.391. The van der Waals surface area contributed by atoms with Gasteiger partial charge in [0.25, 0.3) is 5.91 Å². The van der Waals surface area contributed by atoms with Gasteiger partial charge >= 0.3 is 6.09 Å². The molecule has 0 aliphatic heterocycles. The molecule has 2 unspecified atom stereocenters. The number of aryl methyl sites for hydroxylation is 1. The smallest absolute Gasteiger partial charge is 0.407 e. The number of hydrogen-bond donors (Lipinski definition) is 2. The van der Waals surface area contributed by atoms with Crippen LogP contribution in [0, 0.1) is 0 Å². The molecular weight excluding hydrogens is 452 g/mol. The van der Waals surface area contributed by atoms with Crippen molar-refractivity contribution >= 4 is 33.4 Å². The third kappa shape index (κ3) is 6.23. The Morgan fingerprint density at radius 2 is 1.75 bits per heavy atom. The highest BCUT2D eigenvalue weighted by Crippen LogP contribution is 2.26. The molecule has 1 fully saturated rings. The fourth-order valence-electron chi connectivity index (χ4n) is 4.10. The van der Waals surface area contributed by atoms with Crippen LogP contribution < -0.4 is 5.32 Å². The Labute approximate surface area is 193 Å². The summed E-state index contributed by atoms with van der Waals surface area (Å²) in [6.45, 7) is 0.373. The quantitative estimate of drug-likeness (QED) is 0.596. The molecule has 2 aromatic carbocycles. The Bertz CT molecular complexity index is 1050. The fourth-order valence-corrected chi connectivity index (χ4v) is 4.85. The van der Waals surface area contributed by atoms with Crippen LogP contribution in [0.1, 0.15) is 41.6 Å². The molecule has 9 heteroatoms. The van der Waals surface area contributed by atoms with Crippen LogP contribution >= 0.6 is 11.6 Å². The summed E-state index contributed by atoms with van der Waals surface area (Å²) in [5.74, 6) is -0.339. The topological polar surface area (TPSA) is 104 Å². The van der Waals surface area contributed by atoms with Crippen LogP contribution in [-0.4, -0.2) is 55.3 Å². The molecular formula is C23H27ClN2O5S. The van der Waals surface area contributed by atoms with Crippen molar-refractivity contribution in [2.24, 2.45) is 0 Å². The molecule has 7 nitrogen and oxygen atoms in total. The number of nitrogens with one attached hydrogen (secondary N) is 1. The van der Waals surface area contributed by atoms with Gasteiger partial charge in [0, 0.05) is 29.4 Å². The maximum Gasteiger partial charge on any atom is 0.407 e. The second kappa shape index (κ2) is 10.4. The summed E-state index contributed by atoms with van der Waals surface area (Å²) in [5, 5.41) is 13.4. The van der Waals surface area contributed by atoms with E-state index in [9.17, 15) is 23.1 Å². The van der Waals surface area contributed by atoms with Crippen molar-refractivity contribution < 1.29 is 23.1 Å². The third-order valence-corrected chi connectivity index (χ3v) is 7.14. The maximum absolute atomic E-state index is 12.7. The summed E-state index contributed by atoms with van der Waals surface area (Å²) < 4.78 is 23.2. The Hall–Kier alpha value is -2.58. The summed E-state index contributed by atoms with van der Waals surface area (Å²) in [6.07, 6.45) is 3.71. The molecule has 2 atom stereocenters. The first-order valence-corrected chi connectivity index (χ1v) is 12.8. The minimum Gasteiger partial charge on any atom is -0.465 e. The van der Waals surface area contributed by atoms with E-state index in [1.807, 2.05) is 24.3 Å². The minimum atomic E-state index is -3.34. The molecule has 0 heterocycles. The second-order valence-corrected chi connectivity index (χ2v) is 10.5. The largest absolute Gasteiger partial charge is 0.465 e. The normalized spacial score (nSPS) is 18.3. The minimum absolute atomic E-state index is 0.144.